The Kier molecular flexibility index (Phi) is 10.3. The van der Waals surface area contributed by atoms with E-state index in [9.17, 15) is 4.79 Å². The Bertz CT molecular complexity index is 1080. The molecule has 0 bridgehead atoms. The molecule has 0 spiro atoms. The third-order valence-corrected chi connectivity index (χ3v) is 7.88. The molecule has 3 atom stereocenters. The van der Waals surface area contributed by atoms with E-state index in [1.807, 2.05) is 6.07 Å². The number of aliphatic carboxylic acids is 1. The van der Waals surface area contributed by atoms with Crippen molar-refractivity contribution in [1.29, 1.82) is 0 Å². The van der Waals surface area contributed by atoms with Gasteiger partial charge in [-0.3, -0.25) is 4.79 Å². The number of benzene rings is 2. The number of methoxy groups -OCH3 is 1. The van der Waals surface area contributed by atoms with Crippen LogP contribution in [0.3, 0.4) is 0 Å². The first kappa shape index (κ1) is 28.2. The molecule has 0 saturated heterocycles. The molecule has 0 radical (unpaired) electrons. The zero-order chi connectivity index (χ0) is 26.8. The van der Waals surface area contributed by atoms with Crippen molar-refractivity contribution in [2.75, 3.05) is 40.3 Å². The molecule has 0 amide bonds. The van der Waals surface area contributed by atoms with Gasteiger partial charge in [0.05, 0.1) is 25.7 Å². The summed E-state index contributed by atoms with van der Waals surface area (Å²) in [4.78, 5) is 10.6. The van der Waals surface area contributed by atoms with Crippen LogP contribution in [0.2, 0.25) is 0 Å². The maximum absolute atomic E-state index is 10.6. The van der Waals surface area contributed by atoms with E-state index in [2.05, 4.69) is 54.6 Å². The van der Waals surface area contributed by atoms with E-state index in [-0.39, 0.29) is 30.5 Å². The Morgan fingerprint density at radius 2 is 1.68 bits per heavy atom. The predicted octanol–water partition coefficient (Wildman–Crippen LogP) is 6.23. The van der Waals surface area contributed by atoms with Crippen LogP contribution in [-0.2, 0) is 23.7 Å². The molecule has 1 fully saturated rings. The molecule has 0 aromatic heterocycles. The van der Waals surface area contributed by atoms with Crippen LogP contribution in [0.5, 0.6) is 0 Å². The van der Waals surface area contributed by atoms with Gasteiger partial charge in [-0.2, -0.15) is 0 Å². The fraction of sp³-hybridized carbons (Fsp3) is 0.469. The van der Waals surface area contributed by atoms with Crippen molar-refractivity contribution >= 4 is 17.1 Å². The van der Waals surface area contributed by atoms with Crippen molar-refractivity contribution in [3.05, 3.63) is 83.9 Å². The number of carboxylic acid groups (broad SMARTS) is 1. The molecule has 2 aromatic carbocycles. The van der Waals surface area contributed by atoms with Crippen LogP contribution in [0, 0.1) is 11.3 Å². The van der Waals surface area contributed by atoms with Gasteiger partial charge in [0.15, 0.2) is 0 Å². The van der Waals surface area contributed by atoms with Crippen molar-refractivity contribution in [3.63, 3.8) is 0 Å². The first-order chi connectivity index (χ1) is 18.6. The largest absolute Gasteiger partial charge is 0.481 e. The van der Waals surface area contributed by atoms with Crippen molar-refractivity contribution < 1.29 is 28.8 Å². The van der Waals surface area contributed by atoms with Crippen molar-refractivity contribution in [2.24, 2.45) is 11.3 Å². The van der Waals surface area contributed by atoms with Crippen LogP contribution in [0.4, 0.5) is 0 Å². The molecule has 1 saturated carbocycles. The number of carboxylic acids is 1. The monoisotopic (exact) mass is 520 g/mol. The molecule has 2 aliphatic rings. The van der Waals surface area contributed by atoms with Gasteiger partial charge in [-0.1, -0.05) is 72.8 Å². The zero-order valence-corrected chi connectivity index (χ0v) is 22.4. The summed E-state index contributed by atoms with van der Waals surface area (Å²) in [5, 5.41) is 8.70. The van der Waals surface area contributed by atoms with Crippen LogP contribution in [0.1, 0.15) is 49.7 Å². The summed E-state index contributed by atoms with van der Waals surface area (Å²) >= 11 is 0. The number of rotatable bonds is 16. The normalized spacial score (nSPS) is 22.6. The van der Waals surface area contributed by atoms with Gasteiger partial charge < -0.3 is 24.1 Å². The number of allylic oxidation sites excluding steroid dienone is 2. The van der Waals surface area contributed by atoms with Crippen molar-refractivity contribution in [3.8, 4) is 0 Å². The molecule has 204 valence electrons. The first-order valence-electron chi connectivity index (χ1n) is 13.6. The lowest BCUT2D eigenvalue weighted by atomic mass is 9.66. The highest BCUT2D eigenvalue weighted by Gasteiger charge is 2.57. The molecule has 6 nitrogen and oxygen atoms in total. The second-order valence-electron chi connectivity index (χ2n) is 10.1. The molecule has 0 heterocycles. The van der Waals surface area contributed by atoms with Crippen molar-refractivity contribution in [2.45, 2.75) is 44.6 Å². The van der Waals surface area contributed by atoms with Crippen molar-refractivity contribution in [1.82, 2.24) is 0 Å². The highest BCUT2D eigenvalue weighted by atomic mass is 16.7. The third kappa shape index (κ3) is 6.44. The van der Waals surface area contributed by atoms with Crippen LogP contribution in [0.25, 0.3) is 11.1 Å². The first-order valence-corrected chi connectivity index (χ1v) is 13.6. The molecule has 0 aliphatic heterocycles. The summed E-state index contributed by atoms with van der Waals surface area (Å²) in [5.41, 5.74) is 6.21. The summed E-state index contributed by atoms with van der Waals surface area (Å²) in [6.45, 7) is 6.98. The standard InChI is InChI=1S/C32H40O6/c1-24(25-10-5-3-6-11-25)32-17-14-29(38-23-35-2)28(32)22-27(31(32)26-12-7-4-8-13-26)15-20-36-18-9-19-37-21-16-30(33)34/h3-8,10-13,28-29H,1,9,14-23H2,2H3,(H,33,34). The average molecular weight is 521 g/mol. The lowest BCUT2D eigenvalue weighted by Crippen LogP contribution is -2.30. The quantitative estimate of drug-likeness (QED) is 0.209. The Balaban J connectivity index is 1.54. The van der Waals surface area contributed by atoms with Crippen LogP contribution in [-0.4, -0.2) is 57.5 Å². The van der Waals surface area contributed by atoms with Gasteiger partial charge in [0.25, 0.3) is 0 Å². The number of fused-ring (bicyclic) bond motifs is 1. The molecular formula is C32H40O6. The van der Waals surface area contributed by atoms with Gasteiger partial charge in [0, 0.05) is 31.7 Å². The Labute approximate surface area is 226 Å². The smallest absolute Gasteiger partial charge is 0.305 e. The highest BCUT2D eigenvalue weighted by Crippen LogP contribution is 2.66. The lowest BCUT2D eigenvalue weighted by Gasteiger charge is -2.37. The van der Waals surface area contributed by atoms with E-state index in [0.29, 0.717) is 26.6 Å². The highest BCUT2D eigenvalue weighted by molar-refractivity contribution is 5.90. The van der Waals surface area contributed by atoms with Gasteiger partial charge in [-0.15, -0.1) is 0 Å². The van der Waals surface area contributed by atoms with Gasteiger partial charge in [0.1, 0.15) is 6.79 Å². The van der Waals surface area contributed by atoms with Crippen LogP contribution >= 0.6 is 0 Å². The molecule has 3 unspecified atom stereocenters. The molecule has 2 aliphatic carbocycles. The van der Waals surface area contributed by atoms with Crippen LogP contribution < -0.4 is 0 Å². The minimum absolute atomic E-state index is 0.0313. The summed E-state index contributed by atoms with van der Waals surface area (Å²) in [5.74, 6) is -0.550. The molecule has 2 aromatic rings. The van der Waals surface area contributed by atoms with E-state index in [1.54, 1.807) is 7.11 Å². The van der Waals surface area contributed by atoms with Crippen LogP contribution in [0.15, 0.2) is 72.8 Å². The Hall–Kier alpha value is -2.77. The molecule has 4 rings (SSSR count). The second-order valence-corrected chi connectivity index (χ2v) is 10.1. The van der Waals surface area contributed by atoms with Gasteiger partial charge in [-0.25, -0.2) is 0 Å². The van der Waals surface area contributed by atoms with E-state index in [1.165, 1.54) is 27.8 Å². The average Bonchev–Trinajstić information content (AvgIpc) is 3.46. The number of hydrogen-bond acceptors (Lipinski definition) is 5. The summed E-state index contributed by atoms with van der Waals surface area (Å²) < 4.78 is 22.9. The number of ether oxygens (including phenoxy) is 4. The summed E-state index contributed by atoms with van der Waals surface area (Å²) in [6, 6.07) is 21.3. The van der Waals surface area contributed by atoms with E-state index >= 15 is 0 Å². The minimum Gasteiger partial charge on any atom is -0.481 e. The molecule has 38 heavy (non-hydrogen) atoms. The second kappa shape index (κ2) is 13.9. The maximum atomic E-state index is 10.6. The molecule has 6 heteroatoms. The fourth-order valence-electron chi connectivity index (χ4n) is 6.27. The van der Waals surface area contributed by atoms with Gasteiger partial charge in [-0.05, 0) is 54.4 Å². The van der Waals surface area contributed by atoms with E-state index in [4.69, 9.17) is 30.6 Å². The Morgan fingerprint density at radius 3 is 2.37 bits per heavy atom. The van der Waals surface area contributed by atoms with Gasteiger partial charge >= 0.3 is 5.97 Å². The van der Waals surface area contributed by atoms with E-state index in [0.717, 1.165) is 32.1 Å². The van der Waals surface area contributed by atoms with Gasteiger partial charge in [0.2, 0.25) is 0 Å². The molecule has 1 N–H and O–H groups in total. The number of carbonyl (C=O) groups is 1. The predicted molar refractivity (Wildman–Crippen MR) is 148 cm³/mol. The summed E-state index contributed by atoms with van der Waals surface area (Å²) in [6.07, 6.45) is 4.64. The maximum Gasteiger partial charge on any atom is 0.305 e. The SMILES string of the molecule is C=C(c1ccccc1)C12CCC(OCOC)C1CC(CCOCCCOCCC(=O)O)=C2c1ccccc1. The van der Waals surface area contributed by atoms with E-state index < -0.39 is 5.97 Å². The number of hydrogen-bond donors (Lipinski definition) is 1. The zero-order valence-electron chi connectivity index (χ0n) is 22.4. The topological polar surface area (TPSA) is 74.2 Å². The third-order valence-electron chi connectivity index (χ3n) is 7.88. The fourth-order valence-corrected chi connectivity index (χ4v) is 6.27. The minimum atomic E-state index is -0.840. The Morgan fingerprint density at radius 1 is 1.00 bits per heavy atom. The summed E-state index contributed by atoms with van der Waals surface area (Å²) in [7, 11) is 1.67. The molecular weight excluding hydrogens is 480 g/mol. The lowest BCUT2D eigenvalue weighted by molar-refractivity contribution is -0.138.